The van der Waals surface area contributed by atoms with Crippen LogP contribution in [0.25, 0.3) is 0 Å². The predicted molar refractivity (Wildman–Crippen MR) is 111 cm³/mol. The van der Waals surface area contributed by atoms with Gasteiger partial charge in [-0.25, -0.2) is 4.98 Å². The van der Waals surface area contributed by atoms with Gasteiger partial charge >= 0.3 is 0 Å². The monoisotopic (exact) mass is 377 g/mol. The fourth-order valence-corrected chi connectivity index (χ4v) is 2.85. The molecule has 0 aliphatic rings. The average molecular weight is 377 g/mol. The molecule has 6 nitrogen and oxygen atoms in total. The maximum atomic E-state index is 12.8. The zero-order valence-corrected chi connectivity index (χ0v) is 16.2. The Bertz CT molecular complexity index is 928. The van der Waals surface area contributed by atoms with Gasteiger partial charge in [0.05, 0.1) is 31.8 Å². The van der Waals surface area contributed by atoms with E-state index in [0.717, 1.165) is 17.1 Å². The Morgan fingerprint density at radius 1 is 1.04 bits per heavy atom. The van der Waals surface area contributed by atoms with E-state index in [1.165, 1.54) is 0 Å². The van der Waals surface area contributed by atoms with Crippen LogP contribution in [0.3, 0.4) is 0 Å². The van der Waals surface area contributed by atoms with Gasteiger partial charge < -0.3 is 19.7 Å². The van der Waals surface area contributed by atoms with E-state index >= 15 is 0 Å². The van der Waals surface area contributed by atoms with Gasteiger partial charge in [-0.1, -0.05) is 18.2 Å². The molecular weight excluding hydrogens is 354 g/mol. The summed E-state index contributed by atoms with van der Waals surface area (Å²) in [6.45, 7) is 2.50. The molecule has 0 saturated heterocycles. The Balaban J connectivity index is 1.79. The summed E-state index contributed by atoms with van der Waals surface area (Å²) in [7, 11) is 3.22. The van der Waals surface area contributed by atoms with E-state index < -0.39 is 0 Å². The van der Waals surface area contributed by atoms with Crippen molar-refractivity contribution in [2.45, 2.75) is 6.92 Å². The highest BCUT2D eigenvalue weighted by Gasteiger charge is 2.17. The predicted octanol–water partition coefficient (Wildman–Crippen LogP) is 4.51. The molecule has 0 atom stereocenters. The third-order valence-corrected chi connectivity index (χ3v) is 4.30. The van der Waals surface area contributed by atoms with Crippen LogP contribution in [0.5, 0.6) is 11.5 Å². The van der Waals surface area contributed by atoms with Crippen LogP contribution in [0.2, 0.25) is 0 Å². The van der Waals surface area contributed by atoms with E-state index in [-0.39, 0.29) is 5.91 Å². The van der Waals surface area contributed by atoms with Crippen molar-refractivity contribution < 1.29 is 14.3 Å². The van der Waals surface area contributed by atoms with Crippen molar-refractivity contribution in [3.05, 3.63) is 72.6 Å². The molecule has 3 rings (SSSR count). The maximum Gasteiger partial charge on any atom is 0.276 e. The number of methoxy groups -OCH3 is 2. The summed E-state index contributed by atoms with van der Waals surface area (Å²) in [5.74, 6) is 1.26. The van der Waals surface area contributed by atoms with Crippen molar-refractivity contribution in [2.75, 3.05) is 31.0 Å². The number of benzene rings is 2. The molecule has 28 heavy (non-hydrogen) atoms. The van der Waals surface area contributed by atoms with Crippen LogP contribution >= 0.6 is 0 Å². The first kappa shape index (κ1) is 19.2. The summed E-state index contributed by atoms with van der Waals surface area (Å²) in [6, 6.07) is 18.6. The van der Waals surface area contributed by atoms with Crippen LogP contribution in [0.15, 0.2) is 66.9 Å². The number of anilines is 3. The Morgan fingerprint density at radius 3 is 2.43 bits per heavy atom. The molecule has 0 saturated carbocycles. The van der Waals surface area contributed by atoms with Crippen molar-refractivity contribution in [1.29, 1.82) is 0 Å². The van der Waals surface area contributed by atoms with Crippen LogP contribution in [0, 0.1) is 0 Å². The number of aromatic nitrogens is 1. The van der Waals surface area contributed by atoms with E-state index in [9.17, 15) is 4.79 Å². The summed E-state index contributed by atoms with van der Waals surface area (Å²) in [6.07, 6.45) is 1.63. The minimum Gasteiger partial charge on any atom is -0.497 e. The number of ether oxygens (including phenoxy) is 2. The van der Waals surface area contributed by atoms with Gasteiger partial charge in [-0.15, -0.1) is 0 Å². The molecule has 0 aliphatic heterocycles. The van der Waals surface area contributed by atoms with Gasteiger partial charge in [-0.2, -0.15) is 0 Å². The van der Waals surface area contributed by atoms with Gasteiger partial charge in [0.15, 0.2) is 0 Å². The summed E-state index contributed by atoms with van der Waals surface area (Å²) in [5.41, 5.74) is 2.72. The Labute approximate surface area is 164 Å². The highest BCUT2D eigenvalue weighted by Crippen LogP contribution is 2.31. The molecule has 0 aliphatic carbocycles. The summed E-state index contributed by atoms with van der Waals surface area (Å²) < 4.78 is 10.6. The van der Waals surface area contributed by atoms with Crippen molar-refractivity contribution in [2.24, 2.45) is 0 Å². The number of pyridine rings is 1. The van der Waals surface area contributed by atoms with Gasteiger partial charge in [-0.3, -0.25) is 4.79 Å². The molecular formula is C22H23N3O3. The molecule has 3 aromatic rings. The van der Waals surface area contributed by atoms with E-state index in [1.54, 1.807) is 31.4 Å². The normalized spacial score (nSPS) is 10.2. The maximum absolute atomic E-state index is 12.8. The lowest BCUT2D eigenvalue weighted by Crippen LogP contribution is -2.31. The number of rotatable bonds is 7. The second kappa shape index (κ2) is 8.90. The van der Waals surface area contributed by atoms with Crippen molar-refractivity contribution >= 4 is 23.0 Å². The van der Waals surface area contributed by atoms with Crippen LogP contribution in [0.4, 0.5) is 17.1 Å². The summed E-state index contributed by atoms with van der Waals surface area (Å²) in [4.78, 5) is 18.9. The molecule has 0 spiro atoms. The minimum atomic E-state index is -0.140. The third-order valence-electron chi connectivity index (χ3n) is 4.30. The molecule has 0 unspecified atom stereocenters. The molecule has 1 amide bonds. The minimum absolute atomic E-state index is 0.140. The molecule has 1 N–H and O–H groups in total. The van der Waals surface area contributed by atoms with Crippen LogP contribution < -0.4 is 19.7 Å². The zero-order valence-electron chi connectivity index (χ0n) is 16.2. The van der Waals surface area contributed by atoms with Crippen LogP contribution in [-0.2, 0) is 0 Å². The van der Waals surface area contributed by atoms with Gasteiger partial charge in [0, 0.05) is 18.3 Å². The Kier molecular flexibility index (Phi) is 6.11. The largest absolute Gasteiger partial charge is 0.497 e. The van der Waals surface area contributed by atoms with Gasteiger partial charge in [0.2, 0.25) is 0 Å². The lowest BCUT2D eigenvalue weighted by atomic mass is 10.2. The van der Waals surface area contributed by atoms with Crippen LogP contribution in [0.1, 0.15) is 17.4 Å². The lowest BCUT2D eigenvalue weighted by Gasteiger charge is -2.20. The summed E-state index contributed by atoms with van der Waals surface area (Å²) >= 11 is 0. The number of para-hydroxylation sites is 1. The molecule has 0 radical (unpaired) electrons. The van der Waals surface area contributed by atoms with E-state index in [1.807, 2.05) is 61.5 Å². The highest BCUT2D eigenvalue weighted by atomic mass is 16.5. The number of nitrogens with zero attached hydrogens (tertiary/aromatic N) is 2. The molecule has 1 heterocycles. The lowest BCUT2D eigenvalue weighted by molar-refractivity contribution is 0.0983. The SMILES string of the molecule is CCN(C(=O)c1ccc(Nc2cc(OC)ccc2OC)cn1)c1ccccc1. The van der Waals surface area contributed by atoms with Crippen molar-refractivity contribution in [3.8, 4) is 11.5 Å². The topological polar surface area (TPSA) is 63.7 Å². The van der Waals surface area contributed by atoms with E-state index in [0.29, 0.717) is 23.7 Å². The second-order valence-electron chi connectivity index (χ2n) is 6.01. The van der Waals surface area contributed by atoms with Crippen molar-refractivity contribution in [1.82, 2.24) is 4.98 Å². The molecule has 6 heteroatoms. The van der Waals surface area contributed by atoms with Gasteiger partial charge in [0.25, 0.3) is 5.91 Å². The number of amides is 1. The number of hydrogen-bond acceptors (Lipinski definition) is 5. The molecule has 0 bridgehead atoms. The Hall–Kier alpha value is -3.54. The second-order valence-corrected chi connectivity index (χ2v) is 6.01. The number of nitrogens with one attached hydrogen (secondary N) is 1. The number of carbonyl (C=O) groups is 1. The standard InChI is InChI=1S/C22H23N3O3/c1-4-25(17-8-6-5-7-9-17)22(26)19-12-10-16(15-23-19)24-20-14-18(27-2)11-13-21(20)28-3/h5-15,24H,4H2,1-3H3. The highest BCUT2D eigenvalue weighted by molar-refractivity contribution is 6.04. The van der Waals surface area contributed by atoms with Gasteiger partial charge in [0.1, 0.15) is 17.2 Å². The van der Waals surface area contributed by atoms with E-state index in [2.05, 4.69) is 10.3 Å². The molecule has 0 fully saturated rings. The third kappa shape index (κ3) is 4.23. The average Bonchev–Trinajstić information content (AvgIpc) is 2.75. The fourth-order valence-electron chi connectivity index (χ4n) is 2.85. The molecule has 144 valence electrons. The first-order chi connectivity index (χ1) is 13.7. The number of hydrogen-bond donors (Lipinski definition) is 1. The fraction of sp³-hybridized carbons (Fsp3) is 0.182. The summed E-state index contributed by atoms with van der Waals surface area (Å²) in [5, 5.41) is 3.25. The Morgan fingerprint density at radius 2 is 1.82 bits per heavy atom. The first-order valence-electron chi connectivity index (χ1n) is 8.98. The molecule has 1 aromatic heterocycles. The molecule has 2 aromatic carbocycles. The van der Waals surface area contributed by atoms with Crippen LogP contribution in [-0.4, -0.2) is 31.7 Å². The quantitative estimate of drug-likeness (QED) is 0.656. The van der Waals surface area contributed by atoms with E-state index in [4.69, 9.17) is 9.47 Å². The smallest absolute Gasteiger partial charge is 0.276 e. The zero-order chi connectivity index (χ0) is 19.9. The first-order valence-corrected chi connectivity index (χ1v) is 8.98. The number of carbonyl (C=O) groups excluding carboxylic acids is 1. The van der Waals surface area contributed by atoms with Gasteiger partial charge in [-0.05, 0) is 43.3 Å². The van der Waals surface area contributed by atoms with Crippen molar-refractivity contribution in [3.63, 3.8) is 0 Å².